The number of aryl methyl sites for hydroxylation is 1. The SMILES string of the molecule is CN(C)c1ccc(N)cc1C(=O)NCc1ncn(C)n1. The van der Waals surface area contributed by atoms with Crippen LogP contribution in [0.4, 0.5) is 11.4 Å². The fourth-order valence-corrected chi connectivity index (χ4v) is 1.84. The van der Waals surface area contributed by atoms with Gasteiger partial charge in [-0.3, -0.25) is 9.48 Å². The summed E-state index contributed by atoms with van der Waals surface area (Å²) in [4.78, 5) is 18.2. The molecule has 0 bridgehead atoms. The molecule has 1 aromatic carbocycles. The van der Waals surface area contributed by atoms with Crippen molar-refractivity contribution in [1.82, 2.24) is 20.1 Å². The lowest BCUT2D eigenvalue weighted by atomic mass is 10.1. The molecule has 0 spiro atoms. The average molecular weight is 274 g/mol. The van der Waals surface area contributed by atoms with Gasteiger partial charge in [-0.05, 0) is 18.2 Å². The van der Waals surface area contributed by atoms with Gasteiger partial charge in [0.2, 0.25) is 0 Å². The third kappa shape index (κ3) is 3.05. The Kier molecular flexibility index (Phi) is 3.88. The smallest absolute Gasteiger partial charge is 0.253 e. The average Bonchev–Trinajstić information content (AvgIpc) is 2.81. The maximum absolute atomic E-state index is 12.2. The first-order chi connectivity index (χ1) is 9.47. The Morgan fingerprint density at radius 3 is 2.80 bits per heavy atom. The van der Waals surface area contributed by atoms with E-state index in [0.29, 0.717) is 17.1 Å². The van der Waals surface area contributed by atoms with Crippen molar-refractivity contribution >= 4 is 17.3 Å². The first kappa shape index (κ1) is 13.9. The van der Waals surface area contributed by atoms with Crippen LogP contribution < -0.4 is 16.0 Å². The summed E-state index contributed by atoms with van der Waals surface area (Å²) in [5.41, 5.74) is 7.65. The van der Waals surface area contributed by atoms with E-state index in [9.17, 15) is 4.79 Å². The Hall–Kier alpha value is -2.57. The highest BCUT2D eigenvalue weighted by atomic mass is 16.1. The van der Waals surface area contributed by atoms with Gasteiger partial charge in [-0.1, -0.05) is 0 Å². The maximum Gasteiger partial charge on any atom is 0.253 e. The number of nitrogens with zero attached hydrogens (tertiary/aromatic N) is 4. The molecule has 0 aliphatic rings. The molecule has 0 atom stereocenters. The minimum absolute atomic E-state index is 0.201. The fraction of sp³-hybridized carbons (Fsp3) is 0.308. The highest BCUT2D eigenvalue weighted by molar-refractivity contribution is 6.00. The minimum Gasteiger partial charge on any atom is -0.399 e. The van der Waals surface area contributed by atoms with Crippen molar-refractivity contribution in [3.63, 3.8) is 0 Å². The van der Waals surface area contributed by atoms with Crippen LogP contribution in [0.25, 0.3) is 0 Å². The molecule has 1 heterocycles. The number of nitrogen functional groups attached to an aromatic ring is 1. The first-order valence-electron chi connectivity index (χ1n) is 6.17. The third-order valence-electron chi connectivity index (χ3n) is 2.80. The molecule has 2 aromatic rings. The highest BCUT2D eigenvalue weighted by Crippen LogP contribution is 2.21. The van der Waals surface area contributed by atoms with Crippen molar-refractivity contribution in [2.75, 3.05) is 24.7 Å². The van der Waals surface area contributed by atoms with Crippen LogP contribution in [0, 0.1) is 0 Å². The molecule has 0 saturated carbocycles. The molecule has 7 heteroatoms. The van der Waals surface area contributed by atoms with Crippen LogP contribution in [0.15, 0.2) is 24.5 Å². The summed E-state index contributed by atoms with van der Waals surface area (Å²) in [6.07, 6.45) is 1.59. The van der Waals surface area contributed by atoms with E-state index >= 15 is 0 Å². The Bertz CT molecular complexity index is 619. The largest absolute Gasteiger partial charge is 0.399 e. The summed E-state index contributed by atoms with van der Waals surface area (Å²) in [7, 11) is 5.53. The van der Waals surface area contributed by atoms with Gasteiger partial charge in [-0.15, -0.1) is 0 Å². The van der Waals surface area contributed by atoms with Gasteiger partial charge < -0.3 is 16.0 Å². The van der Waals surface area contributed by atoms with Gasteiger partial charge >= 0.3 is 0 Å². The van der Waals surface area contributed by atoms with Crippen molar-refractivity contribution in [1.29, 1.82) is 0 Å². The Balaban J connectivity index is 2.14. The molecule has 106 valence electrons. The molecule has 0 unspecified atom stereocenters. The lowest BCUT2D eigenvalue weighted by Gasteiger charge is -2.17. The van der Waals surface area contributed by atoms with E-state index in [0.717, 1.165) is 5.69 Å². The summed E-state index contributed by atoms with van der Waals surface area (Å²) < 4.78 is 1.59. The van der Waals surface area contributed by atoms with Crippen LogP contribution >= 0.6 is 0 Å². The van der Waals surface area contributed by atoms with Gasteiger partial charge in [0.05, 0.1) is 12.1 Å². The molecule has 3 N–H and O–H groups in total. The van der Waals surface area contributed by atoms with E-state index < -0.39 is 0 Å². The molecular formula is C13H18N6O. The van der Waals surface area contributed by atoms with Crippen LogP contribution in [0.5, 0.6) is 0 Å². The van der Waals surface area contributed by atoms with Crippen LogP contribution in [0.3, 0.4) is 0 Å². The first-order valence-corrected chi connectivity index (χ1v) is 6.17. The number of hydrogen-bond donors (Lipinski definition) is 2. The van der Waals surface area contributed by atoms with E-state index in [2.05, 4.69) is 15.4 Å². The zero-order valence-corrected chi connectivity index (χ0v) is 11.8. The molecular weight excluding hydrogens is 256 g/mol. The van der Waals surface area contributed by atoms with Gasteiger partial charge in [0.25, 0.3) is 5.91 Å². The fourth-order valence-electron chi connectivity index (χ4n) is 1.84. The minimum atomic E-state index is -0.201. The van der Waals surface area contributed by atoms with Crippen LogP contribution in [-0.2, 0) is 13.6 Å². The number of benzene rings is 1. The summed E-state index contributed by atoms with van der Waals surface area (Å²) in [5, 5.41) is 6.90. The van der Waals surface area contributed by atoms with Crippen LogP contribution in [-0.4, -0.2) is 34.8 Å². The summed E-state index contributed by atoms with van der Waals surface area (Å²) in [5.74, 6) is 0.365. The number of aromatic nitrogens is 3. The molecule has 2 rings (SSSR count). The molecule has 0 fully saturated rings. The Labute approximate surface area is 117 Å². The lowest BCUT2D eigenvalue weighted by Crippen LogP contribution is -2.26. The van der Waals surface area contributed by atoms with Crippen LogP contribution in [0.2, 0.25) is 0 Å². The molecule has 1 amide bonds. The summed E-state index contributed by atoms with van der Waals surface area (Å²) in [6.45, 7) is 0.279. The van der Waals surface area contributed by atoms with Gasteiger partial charge in [-0.25, -0.2) is 4.98 Å². The second kappa shape index (κ2) is 5.60. The number of nitrogens with two attached hydrogens (primary N) is 1. The van der Waals surface area contributed by atoms with Crippen molar-refractivity contribution < 1.29 is 4.79 Å². The monoisotopic (exact) mass is 274 g/mol. The van der Waals surface area contributed by atoms with Gasteiger partial charge in [0, 0.05) is 32.5 Å². The molecule has 7 nitrogen and oxygen atoms in total. The predicted molar refractivity (Wildman–Crippen MR) is 77.4 cm³/mol. The van der Waals surface area contributed by atoms with E-state index in [-0.39, 0.29) is 12.5 Å². The van der Waals surface area contributed by atoms with Gasteiger partial charge in [0.1, 0.15) is 6.33 Å². The predicted octanol–water partition coefficient (Wildman–Crippen LogP) is 0.393. The van der Waals surface area contributed by atoms with Gasteiger partial charge in [-0.2, -0.15) is 5.10 Å². The van der Waals surface area contributed by atoms with Crippen molar-refractivity contribution in [2.24, 2.45) is 7.05 Å². The number of amides is 1. The maximum atomic E-state index is 12.2. The Morgan fingerprint density at radius 1 is 1.45 bits per heavy atom. The molecule has 0 aliphatic heterocycles. The molecule has 0 saturated heterocycles. The Morgan fingerprint density at radius 2 is 2.20 bits per heavy atom. The van der Waals surface area contributed by atoms with Crippen molar-refractivity contribution in [3.8, 4) is 0 Å². The second-order valence-corrected chi connectivity index (χ2v) is 4.69. The zero-order valence-electron chi connectivity index (χ0n) is 11.8. The standard InChI is InChI=1S/C13H18N6O/c1-18(2)11-5-4-9(14)6-10(11)13(20)15-7-12-16-8-19(3)17-12/h4-6,8H,7,14H2,1-3H3,(H,15,20). The van der Waals surface area contributed by atoms with E-state index in [1.54, 1.807) is 30.2 Å². The molecule has 0 aliphatic carbocycles. The third-order valence-corrected chi connectivity index (χ3v) is 2.80. The number of nitrogens with one attached hydrogen (secondary N) is 1. The second-order valence-electron chi connectivity index (χ2n) is 4.69. The summed E-state index contributed by atoms with van der Waals surface area (Å²) >= 11 is 0. The highest BCUT2D eigenvalue weighted by Gasteiger charge is 2.13. The normalized spacial score (nSPS) is 10.3. The zero-order chi connectivity index (χ0) is 14.7. The van der Waals surface area contributed by atoms with Crippen LogP contribution in [0.1, 0.15) is 16.2 Å². The van der Waals surface area contributed by atoms with E-state index in [1.807, 2.05) is 25.1 Å². The summed E-state index contributed by atoms with van der Waals surface area (Å²) in [6, 6.07) is 5.26. The number of carbonyl (C=O) groups excluding carboxylic acids is 1. The quantitative estimate of drug-likeness (QED) is 0.787. The molecule has 0 radical (unpaired) electrons. The number of anilines is 2. The van der Waals surface area contributed by atoms with E-state index in [1.165, 1.54) is 0 Å². The van der Waals surface area contributed by atoms with Gasteiger partial charge in [0.15, 0.2) is 5.82 Å². The molecule has 1 aromatic heterocycles. The lowest BCUT2D eigenvalue weighted by molar-refractivity contribution is 0.0950. The number of rotatable bonds is 4. The molecule has 20 heavy (non-hydrogen) atoms. The number of hydrogen-bond acceptors (Lipinski definition) is 5. The van der Waals surface area contributed by atoms with Crippen molar-refractivity contribution in [3.05, 3.63) is 35.9 Å². The topological polar surface area (TPSA) is 89.1 Å². The van der Waals surface area contributed by atoms with Crippen molar-refractivity contribution in [2.45, 2.75) is 6.54 Å². The number of carbonyl (C=O) groups is 1. The van der Waals surface area contributed by atoms with E-state index in [4.69, 9.17) is 5.73 Å².